The number of rotatable bonds is 4. The zero-order valence-corrected chi connectivity index (χ0v) is 11.8. The lowest BCUT2D eigenvalue weighted by Crippen LogP contribution is -2.38. The minimum Gasteiger partial charge on any atom is -0.481 e. The fourth-order valence-electron chi connectivity index (χ4n) is 2.78. The van der Waals surface area contributed by atoms with Crippen molar-refractivity contribution in [2.75, 3.05) is 14.2 Å². The maximum atomic E-state index is 12.2. The van der Waals surface area contributed by atoms with Gasteiger partial charge in [0.2, 0.25) is 5.88 Å². The standard InChI is InChI=1S/C15H19NO4/c1-19-13-11(4-3-9-16-13)10-15(14(18)20-2)7-5-12(17)6-8-15/h3-4,9H,5-8,10H2,1-2H3. The normalized spacial score (nSPS) is 17.6. The van der Waals surface area contributed by atoms with E-state index in [1.54, 1.807) is 13.3 Å². The first kappa shape index (κ1) is 14.5. The smallest absolute Gasteiger partial charge is 0.312 e. The van der Waals surface area contributed by atoms with Gasteiger partial charge < -0.3 is 9.47 Å². The van der Waals surface area contributed by atoms with Crippen molar-refractivity contribution < 1.29 is 19.1 Å². The minimum atomic E-state index is -0.640. The van der Waals surface area contributed by atoms with Gasteiger partial charge in [-0.15, -0.1) is 0 Å². The molecule has 1 aromatic heterocycles. The highest BCUT2D eigenvalue weighted by Crippen LogP contribution is 2.40. The fraction of sp³-hybridized carbons (Fsp3) is 0.533. The zero-order valence-electron chi connectivity index (χ0n) is 11.8. The number of nitrogens with zero attached hydrogens (tertiary/aromatic N) is 1. The second-order valence-corrected chi connectivity index (χ2v) is 5.16. The van der Waals surface area contributed by atoms with E-state index in [1.165, 1.54) is 7.11 Å². The molecule has 0 amide bonds. The predicted molar refractivity (Wildman–Crippen MR) is 72.4 cm³/mol. The maximum absolute atomic E-state index is 12.2. The highest BCUT2D eigenvalue weighted by atomic mass is 16.5. The largest absolute Gasteiger partial charge is 0.481 e. The van der Waals surface area contributed by atoms with Crippen molar-refractivity contribution in [1.82, 2.24) is 4.98 Å². The van der Waals surface area contributed by atoms with Gasteiger partial charge in [-0.25, -0.2) is 4.98 Å². The van der Waals surface area contributed by atoms with E-state index >= 15 is 0 Å². The molecule has 1 aliphatic carbocycles. The van der Waals surface area contributed by atoms with Crippen molar-refractivity contribution in [3.63, 3.8) is 0 Å². The maximum Gasteiger partial charge on any atom is 0.312 e. The summed E-state index contributed by atoms with van der Waals surface area (Å²) in [6, 6.07) is 3.71. The van der Waals surface area contributed by atoms with Crippen LogP contribution >= 0.6 is 0 Å². The Balaban J connectivity index is 2.28. The summed E-state index contributed by atoms with van der Waals surface area (Å²) in [7, 11) is 2.95. The van der Waals surface area contributed by atoms with Crippen molar-refractivity contribution >= 4 is 11.8 Å². The van der Waals surface area contributed by atoms with Gasteiger partial charge in [0, 0.05) is 24.6 Å². The number of hydrogen-bond donors (Lipinski definition) is 0. The first-order valence-electron chi connectivity index (χ1n) is 6.69. The number of esters is 1. The topological polar surface area (TPSA) is 65.5 Å². The van der Waals surface area contributed by atoms with E-state index in [0.29, 0.717) is 38.0 Å². The van der Waals surface area contributed by atoms with Crippen LogP contribution in [0.5, 0.6) is 5.88 Å². The number of methoxy groups -OCH3 is 2. The quantitative estimate of drug-likeness (QED) is 0.787. The Bertz CT molecular complexity index is 502. The molecule has 5 heteroatoms. The Labute approximate surface area is 118 Å². The molecule has 0 N–H and O–H groups in total. The van der Waals surface area contributed by atoms with E-state index in [9.17, 15) is 9.59 Å². The molecule has 1 saturated carbocycles. The van der Waals surface area contributed by atoms with E-state index in [0.717, 1.165) is 5.56 Å². The van der Waals surface area contributed by atoms with Crippen molar-refractivity contribution in [3.8, 4) is 5.88 Å². The van der Waals surface area contributed by atoms with Gasteiger partial charge in [-0.2, -0.15) is 0 Å². The number of ketones is 1. The molecule has 108 valence electrons. The number of aromatic nitrogens is 1. The Kier molecular flexibility index (Phi) is 4.37. The number of Topliss-reactive ketones (excluding diaryl/α,β-unsaturated/α-hetero) is 1. The Morgan fingerprint density at radius 3 is 2.65 bits per heavy atom. The van der Waals surface area contributed by atoms with Crippen molar-refractivity contribution in [1.29, 1.82) is 0 Å². The van der Waals surface area contributed by atoms with Gasteiger partial charge in [0.1, 0.15) is 5.78 Å². The van der Waals surface area contributed by atoms with Crippen molar-refractivity contribution in [2.45, 2.75) is 32.1 Å². The molecule has 0 spiro atoms. The highest BCUT2D eigenvalue weighted by Gasteiger charge is 2.43. The molecule has 1 heterocycles. The molecule has 2 rings (SSSR count). The van der Waals surface area contributed by atoms with Crippen LogP contribution in [-0.2, 0) is 20.7 Å². The number of carbonyl (C=O) groups excluding carboxylic acids is 2. The van der Waals surface area contributed by atoms with Crippen LogP contribution in [0.2, 0.25) is 0 Å². The van der Waals surface area contributed by atoms with E-state index in [-0.39, 0.29) is 11.8 Å². The summed E-state index contributed by atoms with van der Waals surface area (Å²) in [5.41, 5.74) is 0.230. The Morgan fingerprint density at radius 2 is 2.05 bits per heavy atom. The average molecular weight is 277 g/mol. The lowest BCUT2D eigenvalue weighted by atomic mass is 9.70. The predicted octanol–water partition coefficient (Wildman–Crippen LogP) is 1.94. The first-order chi connectivity index (χ1) is 9.61. The first-order valence-corrected chi connectivity index (χ1v) is 6.69. The lowest BCUT2D eigenvalue weighted by Gasteiger charge is -2.34. The van der Waals surface area contributed by atoms with E-state index in [2.05, 4.69) is 4.98 Å². The molecule has 0 unspecified atom stereocenters. The zero-order chi connectivity index (χ0) is 14.6. The number of hydrogen-bond acceptors (Lipinski definition) is 5. The van der Waals surface area contributed by atoms with Gasteiger partial charge >= 0.3 is 5.97 Å². The average Bonchev–Trinajstić information content (AvgIpc) is 2.49. The summed E-state index contributed by atoms with van der Waals surface area (Å²) in [5.74, 6) is 0.478. The Hall–Kier alpha value is -1.91. The molecule has 1 aliphatic rings. The molecular formula is C15H19NO4. The summed E-state index contributed by atoms with van der Waals surface area (Å²) in [6.07, 6.45) is 4.05. The molecule has 20 heavy (non-hydrogen) atoms. The minimum absolute atomic E-state index is 0.211. The third-order valence-corrected chi connectivity index (χ3v) is 3.96. The van der Waals surface area contributed by atoms with Gasteiger partial charge in [-0.05, 0) is 25.3 Å². The molecule has 5 nitrogen and oxygen atoms in total. The van der Waals surface area contributed by atoms with Crippen LogP contribution in [0, 0.1) is 5.41 Å². The van der Waals surface area contributed by atoms with Crippen LogP contribution in [-0.4, -0.2) is 31.0 Å². The van der Waals surface area contributed by atoms with E-state index < -0.39 is 5.41 Å². The summed E-state index contributed by atoms with van der Waals surface area (Å²) < 4.78 is 10.2. The van der Waals surface area contributed by atoms with Crippen molar-refractivity contribution in [3.05, 3.63) is 23.9 Å². The third kappa shape index (κ3) is 2.81. The van der Waals surface area contributed by atoms with E-state index in [1.807, 2.05) is 12.1 Å². The molecular weight excluding hydrogens is 258 g/mol. The summed E-state index contributed by atoms with van der Waals surface area (Å²) in [4.78, 5) is 27.8. The van der Waals surface area contributed by atoms with Crippen LogP contribution in [0.1, 0.15) is 31.2 Å². The molecule has 1 aromatic rings. The molecule has 0 aliphatic heterocycles. The van der Waals surface area contributed by atoms with Crippen LogP contribution in [0.4, 0.5) is 0 Å². The fourth-order valence-corrected chi connectivity index (χ4v) is 2.78. The molecule has 1 fully saturated rings. The number of pyridine rings is 1. The van der Waals surface area contributed by atoms with Gasteiger partial charge in [0.15, 0.2) is 0 Å². The van der Waals surface area contributed by atoms with Crippen LogP contribution in [0.3, 0.4) is 0 Å². The molecule has 0 atom stereocenters. The second kappa shape index (κ2) is 6.03. The third-order valence-electron chi connectivity index (χ3n) is 3.96. The molecule has 0 radical (unpaired) electrons. The van der Waals surface area contributed by atoms with Gasteiger partial charge in [0.25, 0.3) is 0 Å². The molecule has 0 saturated heterocycles. The highest BCUT2D eigenvalue weighted by molar-refractivity contribution is 5.84. The van der Waals surface area contributed by atoms with Gasteiger partial charge in [-0.3, -0.25) is 9.59 Å². The van der Waals surface area contributed by atoms with Gasteiger partial charge in [-0.1, -0.05) is 6.07 Å². The van der Waals surface area contributed by atoms with Crippen LogP contribution in [0.15, 0.2) is 18.3 Å². The van der Waals surface area contributed by atoms with Gasteiger partial charge in [0.05, 0.1) is 19.6 Å². The van der Waals surface area contributed by atoms with Crippen LogP contribution < -0.4 is 4.74 Å². The van der Waals surface area contributed by atoms with Crippen molar-refractivity contribution in [2.24, 2.45) is 5.41 Å². The van der Waals surface area contributed by atoms with Crippen LogP contribution in [0.25, 0.3) is 0 Å². The second-order valence-electron chi connectivity index (χ2n) is 5.16. The molecule has 0 aromatic carbocycles. The summed E-state index contributed by atoms with van der Waals surface area (Å²) in [5, 5.41) is 0. The molecule has 0 bridgehead atoms. The lowest BCUT2D eigenvalue weighted by molar-refractivity contribution is -0.155. The number of ether oxygens (including phenoxy) is 2. The summed E-state index contributed by atoms with van der Waals surface area (Å²) >= 11 is 0. The summed E-state index contributed by atoms with van der Waals surface area (Å²) in [6.45, 7) is 0. The number of carbonyl (C=O) groups is 2. The van der Waals surface area contributed by atoms with E-state index in [4.69, 9.17) is 9.47 Å². The Morgan fingerprint density at radius 1 is 1.35 bits per heavy atom. The SMILES string of the molecule is COC(=O)C1(Cc2cccnc2OC)CCC(=O)CC1. The monoisotopic (exact) mass is 277 g/mol.